The van der Waals surface area contributed by atoms with Crippen LogP contribution in [0.15, 0.2) is 59.7 Å². The largest absolute Gasteiger partial charge is 0.497 e. The van der Waals surface area contributed by atoms with Crippen LogP contribution in [0.2, 0.25) is 0 Å². The number of halogens is 1. The third-order valence-electron chi connectivity index (χ3n) is 6.04. The number of ether oxygens (including phenoxy) is 2. The highest BCUT2D eigenvalue weighted by atomic mass is 127. The van der Waals surface area contributed by atoms with E-state index in [0.29, 0.717) is 0 Å². The molecule has 8 heteroatoms. The van der Waals surface area contributed by atoms with Crippen molar-refractivity contribution < 1.29 is 9.47 Å². The highest BCUT2D eigenvalue weighted by molar-refractivity contribution is 14.0. The van der Waals surface area contributed by atoms with Crippen molar-refractivity contribution in [1.29, 1.82) is 0 Å². The molecule has 3 N–H and O–H groups in total. The third-order valence-corrected chi connectivity index (χ3v) is 6.04. The molecular weight excluding hydrogens is 529 g/mol. The zero-order valence-corrected chi connectivity index (χ0v) is 21.7. The van der Waals surface area contributed by atoms with Gasteiger partial charge in [-0.3, -0.25) is 9.89 Å². The molecule has 0 saturated carbocycles. The SMILES string of the molecule is CN=C(NCCc1c[nH]c2ccccc12)NCC(c1ccc(OC)cc1)N1CCOCC1.I. The standard InChI is InChI=1S/C25H33N5O2.HI/c1-26-25(27-12-11-20-17-28-23-6-4-3-5-22(20)23)29-18-24(30-13-15-32-16-14-30)19-7-9-21(31-2)10-8-19;/h3-10,17,24,28H,11-16,18H2,1-2H3,(H2,26,27,29);1H. The van der Waals surface area contributed by atoms with Gasteiger partial charge in [0.05, 0.1) is 26.4 Å². The number of benzene rings is 2. The minimum Gasteiger partial charge on any atom is -0.497 e. The van der Waals surface area contributed by atoms with E-state index in [1.54, 1.807) is 7.11 Å². The Bertz CT molecular complexity index is 1020. The van der Waals surface area contributed by atoms with Gasteiger partial charge in [0.1, 0.15) is 5.75 Å². The quantitative estimate of drug-likeness (QED) is 0.222. The molecule has 0 amide bonds. The minimum atomic E-state index is 0. The Labute approximate surface area is 213 Å². The van der Waals surface area contributed by atoms with Crippen LogP contribution >= 0.6 is 24.0 Å². The molecule has 1 fully saturated rings. The van der Waals surface area contributed by atoms with Crippen LogP contribution in [-0.2, 0) is 11.2 Å². The second kappa shape index (κ2) is 12.8. The number of nitrogens with zero attached hydrogens (tertiary/aromatic N) is 2. The third kappa shape index (κ3) is 6.61. The Morgan fingerprint density at radius 3 is 2.61 bits per heavy atom. The van der Waals surface area contributed by atoms with E-state index in [4.69, 9.17) is 9.47 Å². The lowest BCUT2D eigenvalue weighted by Crippen LogP contribution is -2.46. The van der Waals surface area contributed by atoms with Crippen LogP contribution in [0.1, 0.15) is 17.2 Å². The average molecular weight is 563 g/mol. The van der Waals surface area contributed by atoms with Crippen molar-refractivity contribution >= 4 is 40.8 Å². The summed E-state index contributed by atoms with van der Waals surface area (Å²) in [7, 11) is 3.51. The highest BCUT2D eigenvalue weighted by Gasteiger charge is 2.23. The maximum Gasteiger partial charge on any atom is 0.191 e. The molecule has 0 spiro atoms. The molecule has 1 saturated heterocycles. The Morgan fingerprint density at radius 2 is 1.88 bits per heavy atom. The van der Waals surface area contributed by atoms with Crippen LogP contribution in [0, 0.1) is 0 Å². The Morgan fingerprint density at radius 1 is 1.12 bits per heavy atom. The fourth-order valence-electron chi connectivity index (χ4n) is 4.24. The monoisotopic (exact) mass is 563 g/mol. The number of aromatic amines is 1. The Kier molecular flexibility index (Phi) is 9.83. The van der Waals surface area contributed by atoms with E-state index in [2.05, 4.69) is 68.1 Å². The highest BCUT2D eigenvalue weighted by Crippen LogP contribution is 2.23. The van der Waals surface area contributed by atoms with E-state index in [0.717, 1.165) is 57.5 Å². The van der Waals surface area contributed by atoms with Gasteiger partial charge in [0.2, 0.25) is 0 Å². The smallest absolute Gasteiger partial charge is 0.191 e. The van der Waals surface area contributed by atoms with Crippen molar-refractivity contribution in [3.8, 4) is 5.75 Å². The number of morpholine rings is 1. The fraction of sp³-hybridized carbons (Fsp3) is 0.400. The van der Waals surface area contributed by atoms with Crippen molar-refractivity contribution in [2.75, 3.05) is 53.6 Å². The zero-order chi connectivity index (χ0) is 22.2. The molecule has 2 aromatic carbocycles. The van der Waals surface area contributed by atoms with Gasteiger partial charge in [-0.15, -0.1) is 24.0 Å². The molecule has 1 unspecified atom stereocenters. The van der Waals surface area contributed by atoms with Crippen molar-refractivity contribution in [2.45, 2.75) is 12.5 Å². The summed E-state index contributed by atoms with van der Waals surface area (Å²) in [6, 6.07) is 17.0. The van der Waals surface area contributed by atoms with Crippen molar-refractivity contribution in [2.24, 2.45) is 4.99 Å². The van der Waals surface area contributed by atoms with Gasteiger partial charge in [-0.1, -0.05) is 30.3 Å². The van der Waals surface area contributed by atoms with Crippen molar-refractivity contribution in [3.05, 3.63) is 65.9 Å². The Balaban J connectivity index is 0.00000306. The number of hydrogen-bond donors (Lipinski definition) is 3. The maximum absolute atomic E-state index is 5.57. The molecule has 33 heavy (non-hydrogen) atoms. The van der Waals surface area contributed by atoms with Gasteiger partial charge in [-0.05, 0) is 35.7 Å². The molecule has 0 aliphatic carbocycles. The van der Waals surface area contributed by atoms with E-state index in [1.807, 2.05) is 19.2 Å². The summed E-state index contributed by atoms with van der Waals surface area (Å²) < 4.78 is 10.9. The molecule has 2 heterocycles. The fourth-order valence-corrected chi connectivity index (χ4v) is 4.24. The summed E-state index contributed by atoms with van der Waals surface area (Å²) in [4.78, 5) is 10.2. The van der Waals surface area contributed by atoms with E-state index in [1.165, 1.54) is 22.0 Å². The number of aliphatic imine (C=N–C) groups is 1. The summed E-state index contributed by atoms with van der Waals surface area (Å²) >= 11 is 0. The molecule has 1 aromatic heterocycles. The van der Waals surface area contributed by atoms with E-state index >= 15 is 0 Å². The number of nitrogens with one attached hydrogen (secondary N) is 3. The average Bonchev–Trinajstić information content (AvgIpc) is 3.27. The number of fused-ring (bicyclic) bond motifs is 1. The van der Waals surface area contributed by atoms with Gasteiger partial charge in [-0.25, -0.2) is 0 Å². The second-order valence-electron chi connectivity index (χ2n) is 7.93. The molecule has 1 aliphatic heterocycles. The summed E-state index contributed by atoms with van der Waals surface area (Å²) in [5, 5.41) is 8.27. The molecule has 1 aliphatic rings. The van der Waals surface area contributed by atoms with E-state index < -0.39 is 0 Å². The number of rotatable bonds is 8. The minimum absolute atomic E-state index is 0. The van der Waals surface area contributed by atoms with Crippen molar-refractivity contribution in [3.63, 3.8) is 0 Å². The van der Waals surface area contributed by atoms with Crippen molar-refractivity contribution in [1.82, 2.24) is 20.5 Å². The molecule has 0 bridgehead atoms. The summed E-state index contributed by atoms with van der Waals surface area (Å²) in [6.07, 6.45) is 3.02. The molecule has 3 aromatic rings. The number of methoxy groups -OCH3 is 1. The summed E-state index contributed by atoms with van der Waals surface area (Å²) in [5.74, 6) is 1.69. The topological polar surface area (TPSA) is 73.9 Å². The Hall–Kier alpha value is -2.30. The lowest BCUT2D eigenvalue weighted by atomic mass is 10.0. The lowest BCUT2D eigenvalue weighted by Gasteiger charge is -2.35. The molecule has 4 rings (SSSR count). The lowest BCUT2D eigenvalue weighted by molar-refractivity contribution is 0.0170. The van der Waals surface area contributed by atoms with Crippen LogP contribution in [0.25, 0.3) is 10.9 Å². The zero-order valence-electron chi connectivity index (χ0n) is 19.3. The molecule has 178 valence electrons. The van der Waals surface area contributed by atoms with Gasteiger partial charge < -0.3 is 25.1 Å². The van der Waals surface area contributed by atoms with Crippen LogP contribution < -0.4 is 15.4 Å². The predicted octanol–water partition coefficient (Wildman–Crippen LogP) is 3.58. The van der Waals surface area contributed by atoms with Gasteiger partial charge in [-0.2, -0.15) is 0 Å². The van der Waals surface area contributed by atoms with Crippen LogP contribution in [-0.4, -0.2) is 69.4 Å². The normalized spacial score (nSPS) is 15.6. The molecule has 1 atom stereocenters. The summed E-state index contributed by atoms with van der Waals surface area (Å²) in [5.41, 5.74) is 3.75. The first-order chi connectivity index (χ1) is 15.8. The van der Waals surface area contributed by atoms with E-state index in [-0.39, 0.29) is 30.0 Å². The van der Waals surface area contributed by atoms with Crippen LogP contribution in [0.5, 0.6) is 5.75 Å². The van der Waals surface area contributed by atoms with Crippen LogP contribution in [0.3, 0.4) is 0 Å². The first-order valence-electron chi connectivity index (χ1n) is 11.2. The number of guanidine groups is 1. The van der Waals surface area contributed by atoms with Gasteiger partial charge in [0.15, 0.2) is 5.96 Å². The van der Waals surface area contributed by atoms with E-state index in [9.17, 15) is 0 Å². The molecular formula is C25H34IN5O2. The molecule has 0 radical (unpaired) electrons. The number of hydrogen-bond acceptors (Lipinski definition) is 4. The maximum atomic E-state index is 5.57. The first-order valence-corrected chi connectivity index (χ1v) is 11.2. The van der Waals surface area contributed by atoms with Crippen LogP contribution in [0.4, 0.5) is 0 Å². The summed E-state index contributed by atoms with van der Waals surface area (Å²) in [6.45, 7) is 4.95. The van der Waals surface area contributed by atoms with Gasteiger partial charge >= 0.3 is 0 Å². The van der Waals surface area contributed by atoms with Gasteiger partial charge in [0.25, 0.3) is 0 Å². The predicted molar refractivity (Wildman–Crippen MR) is 145 cm³/mol. The first kappa shape index (κ1) is 25.3. The number of H-pyrrole nitrogens is 1. The molecule has 7 nitrogen and oxygen atoms in total. The number of para-hydroxylation sites is 1. The second-order valence-corrected chi connectivity index (χ2v) is 7.93. The van der Waals surface area contributed by atoms with Gasteiger partial charge in [0, 0.05) is 50.3 Å². The number of aromatic nitrogens is 1.